The highest BCUT2D eigenvalue weighted by Gasteiger charge is 2.44. The molecule has 26 heavy (non-hydrogen) atoms. The van der Waals surface area contributed by atoms with E-state index in [1.807, 2.05) is 30.3 Å². The molecule has 0 radical (unpaired) electrons. The molecule has 0 bridgehead atoms. The Hall–Kier alpha value is -2.33. The van der Waals surface area contributed by atoms with E-state index in [1.54, 1.807) is 12.1 Å². The van der Waals surface area contributed by atoms with Crippen LogP contribution in [0.1, 0.15) is 43.4 Å². The number of carbonyl (C=O) groups is 2. The van der Waals surface area contributed by atoms with E-state index < -0.39 is 0 Å². The third-order valence-electron chi connectivity index (χ3n) is 4.90. The van der Waals surface area contributed by atoms with Gasteiger partial charge in [-0.3, -0.25) is 9.59 Å². The lowest BCUT2D eigenvalue weighted by atomic mass is 9.96. The number of hydrogen-bond acceptors (Lipinski definition) is 2. The predicted octanol–water partition coefficient (Wildman–Crippen LogP) is 3.76. The van der Waals surface area contributed by atoms with Gasteiger partial charge in [0, 0.05) is 23.9 Å². The molecule has 3 rings (SSSR count). The molecule has 1 fully saturated rings. The predicted molar refractivity (Wildman–Crippen MR) is 103 cm³/mol. The number of carbonyl (C=O) groups excluding carboxylic acids is 2. The Kier molecular flexibility index (Phi) is 5.62. The summed E-state index contributed by atoms with van der Waals surface area (Å²) >= 11 is 5.93. The Morgan fingerprint density at radius 3 is 2.31 bits per heavy atom. The molecular weight excluding hydrogens is 348 g/mol. The van der Waals surface area contributed by atoms with Crippen LogP contribution in [0.3, 0.4) is 0 Å². The average Bonchev–Trinajstić information content (AvgIpc) is 3.42. The van der Waals surface area contributed by atoms with Crippen molar-refractivity contribution in [1.82, 2.24) is 10.6 Å². The maximum Gasteiger partial charge on any atom is 0.222 e. The number of benzene rings is 2. The highest BCUT2D eigenvalue weighted by atomic mass is 35.5. The van der Waals surface area contributed by atoms with Gasteiger partial charge in [-0.1, -0.05) is 54.1 Å². The molecule has 5 heteroatoms. The van der Waals surface area contributed by atoms with Crippen molar-refractivity contribution in [3.63, 3.8) is 0 Å². The molecule has 0 saturated heterocycles. The van der Waals surface area contributed by atoms with E-state index in [2.05, 4.69) is 22.8 Å². The third-order valence-corrected chi connectivity index (χ3v) is 5.16. The van der Waals surface area contributed by atoms with Crippen LogP contribution in [0.25, 0.3) is 0 Å². The molecule has 0 spiro atoms. The Morgan fingerprint density at radius 1 is 1.08 bits per heavy atom. The molecule has 0 aromatic heterocycles. The molecule has 0 aliphatic heterocycles. The first kappa shape index (κ1) is 18.5. The number of nitrogens with one attached hydrogen (secondary N) is 2. The topological polar surface area (TPSA) is 58.2 Å². The minimum Gasteiger partial charge on any atom is -0.355 e. The quantitative estimate of drug-likeness (QED) is 0.779. The van der Waals surface area contributed by atoms with Crippen molar-refractivity contribution in [3.8, 4) is 0 Å². The summed E-state index contributed by atoms with van der Waals surface area (Å²) in [5.41, 5.74) is 2.21. The summed E-state index contributed by atoms with van der Waals surface area (Å²) in [6.45, 7) is 2.08. The minimum atomic E-state index is -0.364. The van der Waals surface area contributed by atoms with Crippen molar-refractivity contribution in [3.05, 3.63) is 70.7 Å². The van der Waals surface area contributed by atoms with Gasteiger partial charge in [-0.15, -0.1) is 0 Å². The maximum atomic E-state index is 12.5. The summed E-state index contributed by atoms with van der Waals surface area (Å²) in [6.07, 6.45) is 2.37. The molecule has 136 valence electrons. The van der Waals surface area contributed by atoms with Crippen molar-refractivity contribution >= 4 is 23.4 Å². The van der Waals surface area contributed by atoms with Crippen molar-refractivity contribution in [2.24, 2.45) is 0 Å². The van der Waals surface area contributed by atoms with Gasteiger partial charge in [0.15, 0.2) is 0 Å². The van der Waals surface area contributed by atoms with Gasteiger partial charge in [0.25, 0.3) is 0 Å². The number of halogens is 1. The van der Waals surface area contributed by atoms with Gasteiger partial charge in [0.1, 0.15) is 0 Å². The van der Waals surface area contributed by atoms with Gasteiger partial charge in [0.2, 0.25) is 11.8 Å². The van der Waals surface area contributed by atoms with Crippen molar-refractivity contribution < 1.29 is 9.59 Å². The van der Waals surface area contributed by atoms with E-state index >= 15 is 0 Å². The fourth-order valence-corrected chi connectivity index (χ4v) is 3.35. The Balaban J connectivity index is 1.61. The first-order valence-electron chi connectivity index (χ1n) is 8.83. The second-order valence-corrected chi connectivity index (χ2v) is 7.37. The summed E-state index contributed by atoms with van der Waals surface area (Å²) in [6, 6.07) is 17.1. The van der Waals surface area contributed by atoms with E-state index in [1.165, 1.54) is 12.5 Å². The van der Waals surface area contributed by atoms with Crippen LogP contribution in [0.15, 0.2) is 54.6 Å². The monoisotopic (exact) mass is 370 g/mol. The first-order chi connectivity index (χ1) is 12.5. The van der Waals surface area contributed by atoms with Crippen LogP contribution < -0.4 is 10.6 Å². The van der Waals surface area contributed by atoms with Crippen LogP contribution in [-0.4, -0.2) is 18.4 Å². The van der Waals surface area contributed by atoms with Crippen LogP contribution >= 0.6 is 11.6 Å². The SMILES string of the molecule is CC(=O)N[C@H](CC(=O)NCC1(c2ccccc2)CC1)c1ccc(Cl)cc1. The fourth-order valence-electron chi connectivity index (χ4n) is 3.23. The van der Waals surface area contributed by atoms with E-state index in [0.717, 1.165) is 18.4 Å². The van der Waals surface area contributed by atoms with E-state index in [-0.39, 0.29) is 29.7 Å². The number of amides is 2. The lowest BCUT2D eigenvalue weighted by Gasteiger charge is -2.20. The lowest BCUT2D eigenvalue weighted by molar-refractivity contribution is -0.122. The molecule has 4 nitrogen and oxygen atoms in total. The van der Waals surface area contributed by atoms with Gasteiger partial charge in [-0.05, 0) is 36.1 Å². The molecule has 0 heterocycles. The normalized spacial score (nSPS) is 15.8. The second-order valence-electron chi connectivity index (χ2n) is 6.93. The summed E-state index contributed by atoms with van der Waals surface area (Å²) in [4.78, 5) is 24.0. The van der Waals surface area contributed by atoms with Crippen molar-refractivity contribution in [2.75, 3.05) is 6.54 Å². The third kappa shape index (κ3) is 4.64. The zero-order valence-electron chi connectivity index (χ0n) is 14.8. The van der Waals surface area contributed by atoms with Crippen molar-refractivity contribution in [1.29, 1.82) is 0 Å². The number of rotatable bonds is 7. The molecule has 1 saturated carbocycles. The molecule has 0 unspecified atom stereocenters. The Morgan fingerprint density at radius 2 is 1.73 bits per heavy atom. The lowest BCUT2D eigenvalue weighted by Crippen LogP contribution is -2.36. The molecule has 1 atom stereocenters. The molecule has 2 aromatic carbocycles. The van der Waals surface area contributed by atoms with E-state index in [4.69, 9.17) is 11.6 Å². The first-order valence-corrected chi connectivity index (χ1v) is 9.21. The highest BCUT2D eigenvalue weighted by molar-refractivity contribution is 6.30. The molecule has 1 aliphatic rings. The van der Waals surface area contributed by atoms with E-state index in [9.17, 15) is 9.59 Å². The molecule has 1 aliphatic carbocycles. The molecule has 2 aromatic rings. The largest absolute Gasteiger partial charge is 0.355 e. The molecule has 2 amide bonds. The number of hydrogen-bond donors (Lipinski definition) is 2. The summed E-state index contributed by atoms with van der Waals surface area (Å²) in [7, 11) is 0. The van der Waals surface area contributed by atoms with Gasteiger partial charge < -0.3 is 10.6 Å². The summed E-state index contributed by atoms with van der Waals surface area (Å²) in [5.74, 6) is -0.235. The zero-order valence-corrected chi connectivity index (χ0v) is 15.6. The zero-order chi connectivity index (χ0) is 18.6. The van der Waals surface area contributed by atoms with Gasteiger partial charge in [-0.25, -0.2) is 0 Å². The Labute approximate surface area is 158 Å². The summed E-state index contributed by atoms with van der Waals surface area (Å²) < 4.78 is 0. The van der Waals surface area contributed by atoms with Gasteiger partial charge in [0.05, 0.1) is 12.5 Å². The summed E-state index contributed by atoms with van der Waals surface area (Å²) in [5, 5.41) is 6.52. The molecular formula is C21H23ClN2O2. The van der Waals surface area contributed by atoms with E-state index in [0.29, 0.717) is 11.6 Å². The van der Waals surface area contributed by atoms with Crippen LogP contribution in [0.4, 0.5) is 0 Å². The minimum absolute atomic E-state index is 0.0686. The standard InChI is InChI=1S/C21H23ClN2O2/c1-15(25)24-19(16-7-9-18(22)10-8-16)13-20(26)23-14-21(11-12-21)17-5-3-2-4-6-17/h2-10,19H,11-14H2,1H3,(H,23,26)(H,24,25)/t19-/m1/s1. The maximum absolute atomic E-state index is 12.5. The van der Waals surface area contributed by atoms with Crippen LogP contribution in [0, 0.1) is 0 Å². The second kappa shape index (κ2) is 7.92. The smallest absolute Gasteiger partial charge is 0.222 e. The van der Waals surface area contributed by atoms with Gasteiger partial charge in [-0.2, -0.15) is 0 Å². The fraction of sp³-hybridized carbons (Fsp3) is 0.333. The van der Waals surface area contributed by atoms with Gasteiger partial charge >= 0.3 is 0 Å². The molecule has 2 N–H and O–H groups in total. The average molecular weight is 371 g/mol. The Bertz CT molecular complexity index is 770. The van der Waals surface area contributed by atoms with Crippen LogP contribution in [0.5, 0.6) is 0 Å². The van der Waals surface area contributed by atoms with Crippen LogP contribution in [0.2, 0.25) is 5.02 Å². The highest BCUT2D eigenvalue weighted by Crippen LogP contribution is 2.47. The van der Waals surface area contributed by atoms with Crippen molar-refractivity contribution in [2.45, 2.75) is 37.6 Å². The van der Waals surface area contributed by atoms with Crippen LogP contribution in [-0.2, 0) is 15.0 Å².